The van der Waals surface area contributed by atoms with E-state index in [0.29, 0.717) is 0 Å². The first-order valence-corrected chi connectivity index (χ1v) is 8.97. The van der Waals surface area contributed by atoms with E-state index in [-0.39, 0.29) is 4.90 Å². The van der Waals surface area contributed by atoms with Crippen LogP contribution in [0.1, 0.15) is 12.0 Å². The zero-order chi connectivity index (χ0) is 16.0. The molecule has 0 aliphatic carbocycles. The summed E-state index contributed by atoms with van der Waals surface area (Å²) in [6.45, 7) is 8.33. The zero-order valence-electron chi connectivity index (χ0n) is 12.9. The zero-order valence-corrected chi connectivity index (χ0v) is 13.7. The summed E-state index contributed by atoms with van der Waals surface area (Å²) in [5, 5.41) is 3.39. The Morgan fingerprint density at radius 3 is 2.36 bits per heavy atom. The smallest absolute Gasteiger partial charge is 0.294 e. The van der Waals surface area contributed by atoms with Crippen LogP contribution in [0.15, 0.2) is 29.2 Å². The molecule has 124 valence electrons. The maximum absolute atomic E-state index is 10.5. The Labute approximate surface area is 132 Å². The maximum Gasteiger partial charge on any atom is 0.294 e. The lowest BCUT2D eigenvalue weighted by Crippen LogP contribution is -2.44. The van der Waals surface area contributed by atoms with Gasteiger partial charge in [0.25, 0.3) is 10.1 Å². The van der Waals surface area contributed by atoms with Crippen LogP contribution in [0, 0.1) is 6.92 Å². The van der Waals surface area contributed by atoms with Crippen LogP contribution in [-0.4, -0.2) is 63.3 Å². The molecule has 2 heterocycles. The van der Waals surface area contributed by atoms with Crippen molar-refractivity contribution in [1.82, 2.24) is 10.2 Å². The SMILES string of the molecule is C1CC(N2CCOCC2)CN1.Cc1ccc(S(=O)(=O)O)cc1. The molecule has 2 aliphatic heterocycles. The summed E-state index contributed by atoms with van der Waals surface area (Å²) in [6, 6.07) is 6.78. The summed E-state index contributed by atoms with van der Waals surface area (Å²) in [5.74, 6) is 0. The van der Waals surface area contributed by atoms with E-state index in [1.807, 2.05) is 6.92 Å². The van der Waals surface area contributed by atoms with Gasteiger partial charge in [0.1, 0.15) is 0 Å². The highest BCUT2D eigenvalue weighted by Gasteiger charge is 2.23. The number of hydrogen-bond acceptors (Lipinski definition) is 5. The third kappa shape index (κ3) is 5.33. The van der Waals surface area contributed by atoms with Gasteiger partial charge in [-0.1, -0.05) is 17.7 Å². The summed E-state index contributed by atoms with van der Waals surface area (Å²) in [5.41, 5.74) is 0.956. The second kappa shape index (κ2) is 8.03. The van der Waals surface area contributed by atoms with Gasteiger partial charge >= 0.3 is 0 Å². The summed E-state index contributed by atoms with van der Waals surface area (Å²) in [6.07, 6.45) is 1.32. The van der Waals surface area contributed by atoms with Gasteiger partial charge in [-0.25, -0.2) is 0 Å². The molecule has 3 rings (SSSR count). The average Bonchev–Trinajstić information content (AvgIpc) is 3.03. The molecule has 6 nitrogen and oxygen atoms in total. The number of nitrogens with zero attached hydrogens (tertiary/aromatic N) is 1. The molecule has 2 fully saturated rings. The highest BCUT2D eigenvalue weighted by molar-refractivity contribution is 7.85. The van der Waals surface area contributed by atoms with E-state index >= 15 is 0 Å². The number of nitrogens with one attached hydrogen (secondary N) is 1. The Hall–Kier alpha value is -0.990. The fourth-order valence-electron chi connectivity index (χ4n) is 2.60. The minimum absolute atomic E-state index is 0.0666. The van der Waals surface area contributed by atoms with Crippen LogP contribution in [0.4, 0.5) is 0 Å². The van der Waals surface area contributed by atoms with E-state index in [1.165, 1.54) is 31.6 Å². The van der Waals surface area contributed by atoms with Gasteiger partial charge in [-0.3, -0.25) is 9.45 Å². The van der Waals surface area contributed by atoms with Gasteiger partial charge in [-0.2, -0.15) is 8.42 Å². The second-order valence-electron chi connectivity index (χ2n) is 5.58. The number of rotatable bonds is 2. The molecule has 0 aromatic heterocycles. The average molecular weight is 328 g/mol. The van der Waals surface area contributed by atoms with Gasteiger partial charge in [0.2, 0.25) is 0 Å². The van der Waals surface area contributed by atoms with Crippen LogP contribution >= 0.6 is 0 Å². The van der Waals surface area contributed by atoms with Gasteiger partial charge in [0, 0.05) is 25.7 Å². The van der Waals surface area contributed by atoms with Crippen LogP contribution in [0.25, 0.3) is 0 Å². The number of morpholine rings is 1. The first-order valence-electron chi connectivity index (χ1n) is 7.53. The first kappa shape index (κ1) is 17.4. The first-order chi connectivity index (χ1) is 10.5. The third-order valence-electron chi connectivity index (χ3n) is 3.92. The molecular formula is C15H24N2O4S. The quantitative estimate of drug-likeness (QED) is 0.786. The molecule has 1 atom stereocenters. The van der Waals surface area contributed by atoms with Crippen molar-refractivity contribution >= 4 is 10.1 Å². The largest absolute Gasteiger partial charge is 0.379 e. The van der Waals surface area contributed by atoms with E-state index in [0.717, 1.165) is 37.9 Å². The molecule has 1 aromatic carbocycles. The summed E-state index contributed by atoms with van der Waals surface area (Å²) in [7, 11) is -4.02. The number of hydrogen-bond donors (Lipinski definition) is 2. The Kier molecular flexibility index (Phi) is 6.34. The number of benzene rings is 1. The minimum atomic E-state index is -4.02. The van der Waals surface area contributed by atoms with Gasteiger partial charge in [-0.05, 0) is 32.0 Å². The van der Waals surface area contributed by atoms with E-state index in [9.17, 15) is 8.42 Å². The van der Waals surface area contributed by atoms with Gasteiger partial charge in [0.05, 0.1) is 18.1 Å². The van der Waals surface area contributed by atoms with Gasteiger partial charge < -0.3 is 10.1 Å². The van der Waals surface area contributed by atoms with Crippen molar-refractivity contribution in [3.8, 4) is 0 Å². The summed E-state index contributed by atoms with van der Waals surface area (Å²) < 4.78 is 34.8. The standard InChI is InChI=1S/C8H16N2O.C7H8O3S/c1-2-9-7-8(1)10-3-5-11-6-4-10;1-6-2-4-7(5-3-6)11(8,9)10/h8-9H,1-7H2;2-5H,1H3,(H,8,9,10). The normalized spacial score (nSPS) is 22.9. The Balaban J connectivity index is 0.000000160. The topological polar surface area (TPSA) is 78.9 Å². The monoisotopic (exact) mass is 328 g/mol. The summed E-state index contributed by atoms with van der Waals surface area (Å²) >= 11 is 0. The molecule has 1 aromatic rings. The Morgan fingerprint density at radius 2 is 1.86 bits per heavy atom. The van der Waals surface area contributed by atoms with Crippen LogP contribution in [0.5, 0.6) is 0 Å². The van der Waals surface area contributed by atoms with Crippen LogP contribution in [0.3, 0.4) is 0 Å². The predicted molar refractivity (Wildman–Crippen MR) is 84.7 cm³/mol. The molecular weight excluding hydrogens is 304 g/mol. The Bertz CT molecular complexity index is 547. The van der Waals surface area contributed by atoms with Crippen molar-refractivity contribution in [2.24, 2.45) is 0 Å². The molecule has 22 heavy (non-hydrogen) atoms. The second-order valence-corrected chi connectivity index (χ2v) is 7.00. The van der Waals surface area contributed by atoms with Crippen LogP contribution < -0.4 is 5.32 Å². The van der Waals surface area contributed by atoms with E-state index in [1.54, 1.807) is 12.1 Å². The molecule has 2 saturated heterocycles. The lowest BCUT2D eigenvalue weighted by Gasteiger charge is -2.31. The number of aryl methyl sites for hydroxylation is 1. The van der Waals surface area contributed by atoms with Crippen LogP contribution in [-0.2, 0) is 14.9 Å². The molecule has 1 unspecified atom stereocenters. The van der Waals surface area contributed by atoms with Gasteiger partial charge in [0.15, 0.2) is 0 Å². The van der Waals surface area contributed by atoms with Crippen LogP contribution in [0.2, 0.25) is 0 Å². The maximum atomic E-state index is 10.5. The molecule has 0 radical (unpaired) electrons. The number of ether oxygens (including phenoxy) is 1. The van der Waals surface area contributed by atoms with E-state index in [4.69, 9.17) is 9.29 Å². The molecule has 2 N–H and O–H groups in total. The van der Waals surface area contributed by atoms with Crippen molar-refractivity contribution in [3.05, 3.63) is 29.8 Å². The molecule has 0 amide bonds. The molecule has 2 aliphatic rings. The van der Waals surface area contributed by atoms with Crippen molar-refractivity contribution in [2.75, 3.05) is 39.4 Å². The molecule has 7 heteroatoms. The van der Waals surface area contributed by atoms with E-state index in [2.05, 4.69) is 10.2 Å². The predicted octanol–water partition coefficient (Wildman–Crippen LogP) is 0.922. The molecule has 0 bridgehead atoms. The van der Waals surface area contributed by atoms with Crippen molar-refractivity contribution in [2.45, 2.75) is 24.3 Å². The lowest BCUT2D eigenvalue weighted by atomic mass is 10.2. The minimum Gasteiger partial charge on any atom is -0.379 e. The van der Waals surface area contributed by atoms with Crippen molar-refractivity contribution < 1.29 is 17.7 Å². The summed E-state index contributed by atoms with van der Waals surface area (Å²) in [4.78, 5) is 2.48. The Morgan fingerprint density at radius 1 is 1.23 bits per heavy atom. The fourth-order valence-corrected chi connectivity index (χ4v) is 3.08. The third-order valence-corrected chi connectivity index (χ3v) is 4.78. The molecule has 0 spiro atoms. The van der Waals surface area contributed by atoms with Crippen molar-refractivity contribution in [3.63, 3.8) is 0 Å². The molecule has 0 saturated carbocycles. The highest BCUT2D eigenvalue weighted by Crippen LogP contribution is 2.10. The van der Waals surface area contributed by atoms with Crippen molar-refractivity contribution in [1.29, 1.82) is 0 Å². The van der Waals surface area contributed by atoms with E-state index < -0.39 is 10.1 Å². The lowest BCUT2D eigenvalue weighted by molar-refractivity contribution is 0.0206. The fraction of sp³-hybridized carbons (Fsp3) is 0.600. The van der Waals surface area contributed by atoms with Gasteiger partial charge in [-0.15, -0.1) is 0 Å². The highest BCUT2D eigenvalue weighted by atomic mass is 32.2.